The van der Waals surface area contributed by atoms with E-state index in [4.69, 9.17) is 9.72 Å². The van der Waals surface area contributed by atoms with Gasteiger partial charge in [-0.15, -0.1) is 0 Å². The Morgan fingerprint density at radius 1 is 1.02 bits per heavy atom. The van der Waals surface area contributed by atoms with Crippen LogP contribution in [0.1, 0.15) is 97.0 Å². The number of para-hydroxylation sites is 1. The second kappa shape index (κ2) is 15.5. The molecule has 59 heavy (non-hydrogen) atoms. The Morgan fingerprint density at radius 3 is 2.54 bits per heavy atom. The van der Waals surface area contributed by atoms with Crippen LogP contribution < -0.4 is 25.4 Å². The summed E-state index contributed by atoms with van der Waals surface area (Å²) in [5.41, 5.74) is -0.121. The summed E-state index contributed by atoms with van der Waals surface area (Å²) in [4.78, 5) is 63.6. The van der Waals surface area contributed by atoms with E-state index in [0.717, 1.165) is 29.3 Å². The van der Waals surface area contributed by atoms with Crippen LogP contribution in [0.5, 0.6) is 5.75 Å². The second-order valence-electron chi connectivity index (χ2n) is 17.6. The van der Waals surface area contributed by atoms with E-state index in [1.165, 1.54) is 17.0 Å². The molecule has 5 aliphatic rings. The van der Waals surface area contributed by atoms with Crippen molar-refractivity contribution in [2.75, 3.05) is 6.54 Å². The zero-order valence-corrected chi connectivity index (χ0v) is 34.6. The molecule has 15 heteroatoms. The fourth-order valence-electron chi connectivity index (χ4n) is 9.15. The predicted octanol–water partition coefficient (Wildman–Crippen LogP) is 5.57. The lowest BCUT2D eigenvalue weighted by Crippen LogP contribution is -2.70. The number of nitrogens with one attached hydrogen (secondary N) is 4. The van der Waals surface area contributed by atoms with Crippen LogP contribution in [0.2, 0.25) is 0 Å². The number of hydrogen-bond donors (Lipinski definition) is 4. The number of allylic oxidation sites excluding steroid dienone is 1. The molecule has 5 atom stereocenters. The summed E-state index contributed by atoms with van der Waals surface area (Å²) in [7, 11) is -4.03. The van der Waals surface area contributed by atoms with Gasteiger partial charge in [0.2, 0.25) is 21.8 Å². The molecular weight excluding hydrogens is 776 g/mol. The van der Waals surface area contributed by atoms with E-state index in [1.54, 1.807) is 19.1 Å². The van der Waals surface area contributed by atoms with E-state index < -0.39 is 73.5 Å². The lowest BCUT2D eigenvalue weighted by atomic mass is 9.65. The number of rotatable bonds is 6. The number of fused-ring (bicyclic) bond motifs is 5. The molecule has 13 nitrogen and oxygen atoms in total. The topological polar surface area (TPSA) is 176 Å². The van der Waals surface area contributed by atoms with Gasteiger partial charge in [0.15, 0.2) is 0 Å². The number of sulfonamides is 1. The predicted molar refractivity (Wildman–Crippen MR) is 220 cm³/mol. The van der Waals surface area contributed by atoms with Gasteiger partial charge in [-0.1, -0.05) is 55.3 Å². The van der Waals surface area contributed by atoms with Crippen LogP contribution in [0.3, 0.4) is 0 Å². The number of amides is 5. The van der Waals surface area contributed by atoms with Crippen LogP contribution >= 0.6 is 0 Å². The molecule has 4 N–H and O–H groups in total. The van der Waals surface area contributed by atoms with Gasteiger partial charge in [0.1, 0.15) is 40.5 Å². The van der Waals surface area contributed by atoms with Crippen LogP contribution in [-0.4, -0.2) is 82.6 Å². The highest BCUT2D eigenvalue weighted by Crippen LogP contribution is 2.48. The van der Waals surface area contributed by atoms with Crippen molar-refractivity contribution in [2.24, 2.45) is 5.92 Å². The van der Waals surface area contributed by atoms with Crippen LogP contribution in [0.15, 0.2) is 60.7 Å². The largest absolute Gasteiger partial charge is 0.483 e. The number of halogens is 1. The highest BCUT2D eigenvalue weighted by atomic mass is 32.2. The fourth-order valence-corrected chi connectivity index (χ4v) is 10.5. The summed E-state index contributed by atoms with van der Waals surface area (Å²) < 4.78 is 49.8. The first-order valence-electron chi connectivity index (χ1n) is 20.9. The summed E-state index contributed by atoms with van der Waals surface area (Å²) >= 11 is 0. The van der Waals surface area contributed by atoms with Gasteiger partial charge >= 0.3 is 6.03 Å². The Balaban J connectivity index is 1.19. The molecule has 5 amide bonds. The molecule has 3 fully saturated rings. The molecule has 1 spiro atoms. The van der Waals surface area contributed by atoms with Crippen LogP contribution in [-0.2, 0) is 30.8 Å². The molecule has 0 bridgehead atoms. The third kappa shape index (κ3) is 7.78. The standard InChI is InChI=1S/C44H53FN6O7S/c1-27(2)46-41(55)48-34-17-8-6-4-5-7-13-29-18-21-44(29,40(54)50-59(56,57)42(3)22-23-42)49-38(52)35-25-43(26-51(35)39(34)53)20-19-32-31-15-9-10-16-33(31)47-36(37(32)58-43)28-12-11-14-30(45)24-28/h7,9-16,24,27,29,34-35H,4-6,8,17-23,25-26H2,1-3H3,(H,49,52)(H,50,54)(H2,46,48,55). The Bertz CT molecular complexity index is 2330. The average molecular weight is 829 g/mol. The maximum Gasteiger partial charge on any atom is 0.315 e. The van der Waals surface area contributed by atoms with E-state index in [2.05, 4.69) is 20.7 Å². The van der Waals surface area contributed by atoms with Gasteiger partial charge in [-0.3, -0.25) is 19.1 Å². The zero-order chi connectivity index (χ0) is 41.7. The van der Waals surface area contributed by atoms with Crippen LogP contribution in [0, 0.1) is 11.7 Å². The van der Waals surface area contributed by atoms with E-state index in [0.29, 0.717) is 68.4 Å². The number of nitrogens with zero attached hydrogens (tertiary/aromatic N) is 2. The smallest absolute Gasteiger partial charge is 0.315 e. The monoisotopic (exact) mass is 828 g/mol. The molecule has 2 aliphatic carbocycles. The number of hydrogen-bond acceptors (Lipinski definition) is 8. The average Bonchev–Trinajstić information content (AvgIpc) is 3.85. The van der Waals surface area contributed by atoms with Crippen molar-refractivity contribution in [1.82, 2.24) is 30.6 Å². The van der Waals surface area contributed by atoms with Crippen molar-refractivity contribution in [3.63, 3.8) is 0 Å². The van der Waals surface area contributed by atoms with Crippen molar-refractivity contribution >= 4 is 44.7 Å². The third-order valence-corrected chi connectivity index (χ3v) is 15.2. The maximum atomic E-state index is 14.9. The molecule has 5 unspecified atom stereocenters. The third-order valence-electron chi connectivity index (χ3n) is 13.0. The van der Waals surface area contributed by atoms with Crippen molar-refractivity contribution in [3.8, 4) is 17.0 Å². The van der Waals surface area contributed by atoms with E-state index in [1.807, 2.05) is 50.3 Å². The molecule has 2 aromatic carbocycles. The van der Waals surface area contributed by atoms with Crippen molar-refractivity contribution in [2.45, 2.75) is 132 Å². The first-order valence-corrected chi connectivity index (χ1v) is 22.4. The Hall–Kier alpha value is -5.05. The molecule has 314 valence electrons. The van der Waals surface area contributed by atoms with Crippen LogP contribution in [0.4, 0.5) is 9.18 Å². The highest BCUT2D eigenvalue weighted by molar-refractivity contribution is 7.91. The number of carbonyl (C=O) groups excluding carboxylic acids is 4. The minimum absolute atomic E-state index is 0.0159. The number of aromatic nitrogens is 1. The van der Waals surface area contributed by atoms with Gasteiger partial charge in [0, 0.05) is 34.9 Å². The first kappa shape index (κ1) is 40.7. The van der Waals surface area contributed by atoms with E-state index >= 15 is 0 Å². The summed E-state index contributed by atoms with van der Waals surface area (Å²) in [6, 6.07) is 11.0. The number of benzene rings is 2. The van der Waals surface area contributed by atoms with Gasteiger partial charge in [0.25, 0.3) is 5.91 Å². The Kier molecular flexibility index (Phi) is 10.7. The van der Waals surface area contributed by atoms with Crippen LogP contribution in [0.25, 0.3) is 22.2 Å². The summed E-state index contributed by atoms with van der Waals surface area (Å²) in [6.07, 6.45) is 9.68. The molecule has 3 aliphatic heterocycles. The van der Waals surface area contributed by atoms with Crippen molar-refractivity contribution in [1.29, 1.82) is 0 Å². The molecular formula is C44H53FN6O7S. The zero-order valence-electron chi connectivity index (χ0n) is 33.8. The Morgan fingerprint density at radius 2 is 1.81 bits per heavy atom. The van der Waals surface area contributed by atoms with Crippen molar-refractivity contribution in [3.05, 3.63) is 72.1 Å². The fraction of sp³-hybridized carbons (Fsp3) is 0.523. The van der Waals surface area contributed by atoms with Gasteiger partial charge in [-0.05, 0) is 96.8 Å². The number of urea groups is 1. The molecule has 1 saturated heterocycles. The second-order valence-corrected chi connectivity index (χ2v) is 19.8. The molecule has 1 aromatic heterocycles. The van der Waals surface area contributed by atoms with E-state index in [9.17, 15) is 32.0 Å². The number of aryl methyl sites for hydroxylation is 1. The SMILES string of the molecule is CC(C)NC(=O)NC1CCCCCC=CC2CCC2(C(=O)NS(=O)(=O)C2(C)CC2)NC(=O)C2CC3(CCc4c(c(-c5cccc(F)c5)nc5ccccc45)O3)CN2C1=O. The summed E-state index contributed by atoms with van der Waals surface area (Å²) in [5, 5.41) is 9.57. The number of carbonyl (C=O) groups is 4. The first-order chi connectivity index (χ1) is 28.1. The van der Waals surface area contributed by atoms with Gasteiger partial charge < -0.3 is 25.6 Å². The highest BCUT2D eigenvalue weighted by Gasteiger charge is 2.59. The molecule has 8 rings (SSSR count). The minimum atomic E-state index is -4.03. The summed E-state index contributed by atoms with van der Waals surface area (Å²) in [5.74, 6) is -2.33. The maximum absolute atomic E-state index is 14.9. The lowest BCUT2D eigenvalue weighted by Gasteiger charge is -2.48. The normalized spacial score (nSPS) is 27.9. The summed E-state index contributed by atoms with van der Waals surface area (Å²) in [6.45, 7) is 5.22. The number of ether oxygens (including phenoxy) is 1. The number of pyridine rings is 1. The quantitative estimate of drug-likeness (QED) is 0.234. The van der Waals surface area contributed by atoms with Gasteiger partial charge in [-0.25, -0.2) is 22.6 Å². The molecule has 0 radical (unpaired) electrons. The van der Waals surface area contributed by atoms with Gasteiger partial charge in [0.05, 0.1) is 16.8 Å². The molecule has 4 heterocycles. The van der Waals surface area contributed by atoms with Crippen molar-refractivity contribution < 1.29 is 36.7 Å². The molecule has 3 aromatic rings. The molecule has 2 saturated carbocycles. The van der Waals surface area contributed by atoms with E-state index in [-0.39, 0.29) is 25.4 Å². The van der Waals surface area contributed by atoms with Gasteiger partial charge in [-0.2, -0.15) is 0 Å². The minimum Gasteiger partial charge on any atom is -0.483 e. The lowest BCUT2D eigenvalue weighted by molar-refractivity contribution is -0.144. The Labute approximate surface area is 344 Å².